The van der Waals surface area contributed by atoms with Crippen LogP contribution in [0.1, 0.15) is 16.1 Å². The standard InChI is InChI=1S/C13H15N5O3/c14-11(5-10-6-15-7-16-10)12(19)18-17-9-3-1-8(2-4-9)13(20)21/h1-4,6-7,11,17H,5,14H2,(H,15,16)(H,18,19)(H,20,21)/t11-/m0/s1. The number of H-pyrrole nitrogens is 1. The van der Waals surface area contributed by atoms with Crippen LogP contribution in [-0.2, 0) is 11.2 Å². The van der Waals surface area contributed by atoms with E-state index in [1.165, 1.54) is 18.5 Å². The number of imidazole rings is 1. The van der Waals surface area contributed by atoms with Crippen molar-refractivity contribution in [1.82, 2.24) is 15.4 Å². The summed E-state index contributed by atoms with van der Waals surface area (Å²) in [5.41, 5.74) is 12.4. The number of aromatic carboxylic acids is 1. The molecule has 0 aliphatic carbocycles. The zero-order valence-electron chi connectivity index (χ0n) is 11.0. The molecular formula is C13H15N5O3. The Hall–Kier alpha value is -2.87. The van der Waals surface area contributed by atoms with E-state index in [4.69, 9.17) is 10.8 Å². The summed E-state index contributed by atoms with van der Waals surface area (Å²) in [5, 5.41) is 8.77. The molecule has 6 N–H and O–H groups in total. The molecule has 1 heterocycles. The molecule has 0 spiro atoms. The molecule has 0 bridgehead atoms. The van der Waals surface area contributed by atoms with Crippen LogP contribution >= 0.6 is 0 Å². The molecule has 1 atom stereocenters. The number of aromatic nitrogens is 2. The molecule has 0 aliphatic rings. The summed E-state index contributed by atoms with van der Waals surface area (Å²) < 4.78 is 0. The average molecular weight is 289 g/mol. The van der Waals surface area contributed by atoms with Crippen molar-refractivity contribution in [3.05, 3.63) is 48.0 Å². The van der Waals surface area contributed by atoms with Gasteiger partial charge in [-0.05, 0) is 24.3 Å². The number of rotatable bonds is 6. The van der Waals surface area contributed by atoms with E-state index in [1.807, 2.05) is 0 Å². The minimum atomic E-state index is -1.01. The number of carbonyl (C=O) groups is 2. The van der Waals surface area contributed by atoms with Crippen LogP contribution in [0, 0.1) is 0 Å². The van der Waals surface area contributed by atoms with Gasteiger partial charge in [0.25, 0.3) is 5.91 Å². The van der Waals surface area contributed by atoms with Crippen LogP contribution < -0.4 is 16.6 Å². The van der Waals surface area contributed by atoms with Crippen molar-refractivity contribution in [1.29, 1.82) is 0 Å². The summed E-state index contributed by atoms with van der Waals surface area (Å²) in [7, 11) is 0. The molecule has 8 heteroatoms. The van der Waals surface area contributed by atoms with E-state index in [9.17, 15) is 9.59 Å². The van der Waals surface area contributed by atoms with Crippen molar-refractivity contribution in [3.63, 3.8) is 0 Å². The van der Waals surface area contributed by atoms with Gasteiger partial charge in [-0.15, -0.1) is 0 Å². The molecule has 21 heavy (non-hydrogen) atoms. The maximum atomic E-state index is 11.8. The predicted octanol–water partition coefficient (Wildman–Crippen LogP) is 0.121. The highest BCUT2D eigenvalue weighted by Gasteiger charge is 2.14. The Bertz CT molecular complexity index is 609. The first-order chi connectivity index (χ1) is 10.1. The number of hydrogen-bond donors (Lipinski definition) is 5. The number of hydrogen-bond acceptors (Lipinski definition) is 5. The van der Waals surface area contributed by atoms with E-state index < -0.39 is 12.0 Å². The zero-order valence-corrected chi connectivity index (χ0v) is 11.0. The molecule has 0 saturated heterocycles. The summed E-state index contributed by atoms with van der Waals surface area (Å²) in [6, 6.07) is 5.23. The van der Waals surface area contributed by atoms with Crippen LogP contribution in [-0.4, -0.2) is 33.0 Å². The van der Waals surface area contributed by atoms with Crippen molar-refractivity contribution in [3.8, 4) is 0 Å². The van der Waals surface area contributed by atoms with E-state index in [1.54, 1.807) is 18.3 Å². The second kappa shape index (κ2) is 6.53. The van der Waals surface area contributed by atoms with Crippen molar-refractivity contribution < 1.29 is 14.7 Å². The van der Waals surface area contributed by atoms with E-state index in [-0.39, 0.29) is 11.5 Å². The molecule has 1 amide bonds. The average Bonchev–Trinajstić information content (AvgIpc) is 2.98. The molecular weight excluding hydrogens is 274 g/mol. The number of aromatic amines is 1. The van der Waals surface area contributed by atoms with Gasteiger partial charge in [-0.3, -0.25) is 15.6 Å². The largest absolute Gasteiger partial charge is 0.478 e. The van der Waals surface area contributed by atoms with Gasteiger partial charge in [0, 0.05) is 18.3 Å². The highest BCUT2D eigenvalue weighted by atomic mass is 16.4. The lowest BCUT2D eigenvalue weighted by Gasteiger charge is -2.13. The Morgan fingerprint density at radius 1 is 1.33 bits per heavy atom. The number of anilines is 1. The van der Waals surface area contributed by atoms with Gasteiger partial charge in [-0.1, -0.05) is 0 Å². The van der Waals surface area contributed by atoms with Gasteiger partial charge in [0.2, 0.25) is 0 Å². The lowest BCUT2D eigenvalue weighted by atomic mass is 10.2. The molecule has 0 saturated carbocycles. The number of nitrogens with one attached hydrogen (secondary N) is 3. The van der Waals surface area contributed by atoms with Crippen LogP contribution in [0.2, 0.25) is 0 Å². The first-order valence-electron chi connectivity index (χ1n) is 6.18. The summed E-state index contributed by atoms with van der Waals surface area (Å²) >= 11 is 0. The fraction of sp³-hybridized carbons (Fsp3) is 0.154. The molecule has 0 radical (unpaired) electrons. The number of carboxylic acids is 1. The van der Waals surface area contributed by atoms with E-state index >= 15 is 0 Å². The summed E-state index contributed by atoms with van der Waals surface area (Å²) in [5.74, 6) is -1.39. The minimum absolute atomic E-state index is 0.169. The highest BCUT2D eigenvalue weighted by Crippen LogP contribution is 2.08. The second-order valence-corrected chi connectivity index (χ2v) is 4.38. The Kier molecular flexibility index (Phi) is 4.52. The summed E-state index contributed by atoms with van der Waals surface area (Å²) in [6.07, 6.45) is 3.46. The number of benzene rings is 1. The summed E-state index contributed by atoms with van der Waals surface area (Å²) in [6.45, 7) is 0. The highest BCUT2D eigenvalue weighted by molar-refractivity contribution is 5.88. The number of hydrazine groups is 1. The third kappa shape index (κ3) is 4.05. The lowest BCUT2D eigenvalue weighted by Crippen LogP contribution is -2.44. The maximum Gasteiger partial charge on any atom is 0.335 e. The Morgan fingerprint density at radius 3 is 2.62 bits per heavy atom. The number of nitrogens with zero attached hydrogens (tertiary/aromatic N) is 1. The third-order valence-electron chi connectivity index (χ3n) is 2.79. The zero-order chi connectivity index (χ0) is 15.2. The molecule has 8 nitrogen and oxygen atoms in total. The van der Waals surface area contributed by atoms with Crippen molar-refractivity contribution in [2.75, 3.05) is 5.43 Å². The minimum Gasteiger partial charge on any atom is -0.478 e. The normalized spacial score (nSPS) is 11.7. The fourth-order valence-electron chi connectivity index (χ4n) is 1.65. The van der Waals surface area contributed by atoms with Gasteiger partial charge in [0.1, 0.15) is 0 Å². The number of amides is 1. The van der Waals surface area contributed by atoms with Gasteiger partial charge in [-0.2, -0.15) is 0 Å². The molecule has 1 aromatic carbocycles. The Labute approximate surface area is 120 Å². The van der Waals surface area contributed by atoms with Gasteiger partial charge < -0.3 is 15.8 Å². The van der Waals surface area contributed by atoms with Gasteiger partial charge in [0.05, 0.1) is 23.6 Å². The van der Waals surface area contributed by atoms with E-state index in [0.717, 1.165) is 5.69 Å². The molecule has 2 aromatic rings. The first kappa shape index (κ1) is 14.5. The van der Waals surface area contributed by atoms with Gasteiger partial charge >= 0.3 is 5.97 Å². The van der Waals surface area contributed by atoms with Gasteiger partial charge in [-0.25, -0.2) is 9.78 Å². The molecule has 0 aliphatic heterocycles. The Morgan fingerprint density at radius 2 is 2.05 bits per heavy atom. The lowest BCUT2D eigenvalue weighted by molar-refractivity contribution is -0.121. The molecule has 0 fully saturated rings. The van der Waals surface area contributed by atoms with Crippen LogP contribution in [0.5, 0.6) is 0 Å². The van der Waals surface area contributed by atoms with Gasteiger partial charge in [0.15, 0.2) is 0 Å². The quantitative estimate of drug-likeness (QED) is 0.480. The van der Waals surface area contributed by atoms with Crippen molar-refractivity contribution >= 4 is 17.6 Å². The van der Waals surface area contributed by atoms with E-state index in [2.05, 4.69) is 20.8 Å². The fourth-order valence-corrected chi connectivity index (χ4v) is 1.65. The first-order valence-corrected chi connectivity index (χ1v) is 6.18. The summed E-state index contributed by atoms with van der Waals surface area (Å²) in [4.78, 5) is 29.2. The third-order valence-corrected chi connectivity index (χ3v) is 2.79. The monoisotopic (exact) mass is 289 g/mol. The molecule has 2 rings (SSSR count). The number of carbonyl (C=O) groups excluding carboxylic acids is 1. The van der Waals surface area contributed by atoms with Crippen LogP contribution in [0.4, 0.5) is 5.69 Å². The maximum absolute atomic E-state index is 11.8. The van der Waals surface area contributed by atoms with Crippen LogP contribution in [0.3, 0.4) is 0 Å². The SMILES string of the molecule is N[C@@H](Cc1cnc[nH]1)C(=O)NNc1ccc(C(=O)O)cc1. The van der Waals surface area contributed by atoms with Crippen LogP contribution in [0.15, 0.2) is 36.8 Å². The van der Waals surface area contributed by atoms with E-state index in [0.29, 0.717) is 12.1 Å². The smallest absolute Gasteiger partial charge is 0.335 e. The second-order valence-electron chi connectivity index (χ2n) is 4.38. The molecule has 1 aromatic heterocycles. The predicted molar refractivity (Wildman–Crippen MR) is 75.4 cm³/mol. The molecule has 110 valence electrons. The molecule has 0 unspecified atom stereocenters. The van der Waals surface area contributed by atoms with Crippen molar-refractivity contribution in [2.45, 2.75) is 12.5 Å². The van der Waals surface area contributed by atoms with Crippen molar-refractivity contribution in [2.24, 2.45) is 5.73 Å². The van der Waals surface area contributed by atoms with Crippen LogP contribution in [0.25, 0.3) is 0 Å². The number of carboxylic acid groups (broad SMARTS) is 1. The number of nitrogens with two attached hydrogens (primary N) is 1. The Balaban J connectivity index is 1.84. The topological polar surface area (TPSA) is 133 Å².